The highest BCUT2D eigenvalue weighted by atomic mass is 35.5. The molecule has 0 aliphatic heterocycles. The van der Waals surface area contributed by atoms with Gasteiger partial charge in [0.15, 0.2) is 0 Å². The molecule has 1 aromatic rings. The van der Waals surface area contributed by atoms with Gasteiger partial charge in [-0.3, -0.25) is 0 Å². The van der Waals surface area contributed by atoms with Crippen LogP contribution in [0, 0.1) is 6.92 Å². The van der Waals surface area contributed by atoms with Crippen LogP contribution in [0.3, 0.4) is 0 Å². The summed E-state index contributed by atoms with van der Waals surface area (Å²) in [4.78, 5) is 0. The molecule has 0 aliphatic carbocycles. The summed E-state index contributed by atoms with van der Waals surface area (Å²) >= 11 is 5.69. The second kappa shape index (κ2) is 5.53. The number of anilines is 1. The summed E-state index contributed by atoms with van der Waals surface area (Å²) in [6.45, 7) is 1.93. The molecule has 0 amide bonds. The van der Waals surface area contributed by atoms with Crippen LogP contribution in [0.2, 0.25) is 5.02 Å². The number of rotatable bonds is 0. The smallest absolute Gasteiger partial charge is 0.0638 e. The minimum Gasteiger partial charge on any atom is -0.397 e. The van der Waals surface area contributed by atoms with Crippen molar-refractivity contribution in [2.75, 3.05) is 5.73 Å². The standard InChI is InChI=1S/C7H8ClN.2ClH/c1-5-3-2-4-6(8)7(5)9;;/h2-4H,9H2,1H3;2*1H. The van der Waals surface area contributed by atoms with Crippen molar-refractivity contribution in [1.29, 1.82) is 0 Å². The van der Waals surface area contributed by atoms with Crippen LogP contribution in [0.5, 0.6) is 0 Å². The lowest BCUT2D eigenvalue weighted by Crippen LogP contribution is -1.88. The number of hydrogen-bond acceptors (Lipinski definition) is 1. The molecule has 0 spiro atoms. The van der Waals surface area contributed by atoms with Crippen LogP contribution in [-0.2, 0) is 0 Å². The summed E-state index contributed by atoms with van der Waals surface area (Å²) in [7, 11) is 0. The van der Waals surface area contributed by atoms with Gasteiger partial charge in [0.05, 0.1) is 10.7 Å². The summed E-state index contributed by atoms with van der Waals surface area (Å²) < 4.78 is 0. The van der Waals surface area contributed by atoms with Gasteiger partial charge in [-0.15, -0.1) is 24.8 Å². The van der Waals surface area contributed by atoms with Gasteiger partial charge in [0.25, 0.3) is 0 Å². The molecule has 1 aromatic carbocycles. The lowest BCUT2D eigenvalue weighted by atomic mass is 10.2. The Hall–Kier alpha value is -0.110. The van der Waals surface area contributed by atoms with E-state index in [9.17, 15) is 0 Å². The Morgan fingerprint density at radius 2 is 1.82 bits per heavy atom. The first-order valence-electron chi connectivity index (χ1n) is 2.72. The van der Waals surface area contributed by atoms with E-state index >= 15 is 0 Å². The van der Waals surface area contributed by atoms with E-state index in [1.807, 2.05) is 19.1 Å². The Kier molecular flexibility index (Phi) is 6.77. The Balaban J connectivity index is 0. The number of nitrogen functional groups attached to an aromatic ring is 1. The van der Waals surface area contributed by atoms with Crippen LogP contribution in [0.4, 0.5) is 5.69 Å². The third kappa shape index (κ3) is 3.19. The highest BCUT2D eigenvalue weighted by Gasteiger charge is 1.94. The van der Waals surface area contributed by atoms with Crippen LogP contribution >= 0.6 is 36.4 Å². The molecule has 0 aliphatic rings. The maximum Gasteiger partial charge on any atom is 0.0638 e. The number of benzene rings is 1. The van der Waals surface area contributed by atoms with Crippen molar-refractivity contribution in [3.63, 3.8) is 0 Å². The first-order valence-corrected chi connectivity index (χ1v) is 3.10. The SMILES string of the molecule is Cc1cccc(Cl)c1N.Cl.Cl. The van der Waals surface area contributed by atoms with Crippen molar-refractivity contribution < 1.29 is 0 Å². The molecule has 64 valence electrons. The Labute approximate surface area is 83.7 Å². The number of para-hydroxylation sites is 1. The van der Waals surface area contributed by atoms with Crippen LogP contribution in [0.1, 0.15) is 5.56 Å². The molecule has 0 aromatic heterocycles. The van der Waals surface area contributed by atoms with Gasteiger partial charge in [0.2, 0.25) is 0 Å². The zero-order valence-corrected chi connectivity index (χ0v) is 8.39. The average molecular weight is 215 g/mol. The minimum absolute atomic E-state index is 0. The first-order chi connectivity index (χ1) is 4.22. The predicted octanol–water partition coefficient (Wildman–Crippen LogP) is 3.07. The molecule has 0 saturated heterocycles. The van der Waals surface area contributed by atoms with Gasteiger partial charge < -0.3 is 5.73 Å². The largest absolute Gasteiger partial charge is 0.397 e. The Bertz CT molecular complexity index is 205. The number of aryl methyl sites for hydroxylation is 1. The van der Waals surface area contributed by atoms with Gasteiger partial charge >= 0.3 is 0 Å². The molecule has 1 rings (SSSR count). The van der Waals surface area contributed by atoms with Crippen molar-refractivity contribution in [1.82, 2.24) is 0 Å². The fraction of sp³-hybridized carbons (Fsp3) is 0.143. The fourth-order valence-electron chi connectivity index (χ4n) is 0.645. The maximum absolute atomic E-state index is 5.69. The molecule has 0 fully saturated rings. The molecule has 0 heterocycles. The third-order valence-corrected chi connectivity index (χ3v) is 1.60. The molecule has 0 saturated carbocycles. The van der Waals surface area contributed by atoms with E-state index in [-0.39, 0.29) is 24.8 Å². The van der Waals surface area contributed by atoms with Crippen LogP contribution in [-0.4, -0.2) is 0 Å². The molecular formula is C7H10Cl3N. The lowest BCUT2D eigenvalue weighted by molar-refractivity contribution is 1.47. The van der Waals surface area contributed by atoms with E-state index in [2.05, 4.69) is 0 Å². The number of hydrogen-bond donors (Lipinski definition) is 1. The van der Waals surface area contributed by atoms with Gasteiger partial charge in [-0.05, 0) is 18.6 Å². The van der Waals surface area contributed by atoms with E-state index in [0.29, 0.717) is 10.7 Å². The highest BCUT2D eigenvalue weighted by molar-refractivity contribution is 6.33. The average Bonchev–Trinajstić information content (AvgIpc) is 1.83. The lowest BCUT2D eigenvalue weighted by Gasteiger charge is -1.98. The summed E-state index contributed by atoms with van der Waals surface area (Å²) in [6, 6.07) is 5.60. The summed E-state index contributed by atoms with van der Waals surface area (Å²) in [5.74, 6) is 0. The molecular weight excluding hydrogens is 204 g/mol. The van der Waals surface area contributed by atoms with Crippen LogP contribution in [0.15, 0.2) is 18.2 Å². The van der Waals surface area contributed by atoms with Crippen LogP contribution < -0.4 is 5.73 Å². The normalized spacial score (nSPS) is 7.82. The first kappa shape index (κ1) is 13.5. The summed E-state index contributed by atoms with van der Waals surface area (Å²) in [6.07, 6.45) is 0. The van der Waals surface area contributed by atoms with Crippen molar-refractivity contribution in [3.05, 3.63) is 28.8 Å². The van der Waals surface area contributed by atoms with Gasteiger partial charge in [-0.1, -0.05) is 23.7 Å². The van der Waals surface area contributed by atoms with E-state index in [1.54, 1.807) is 6.07 Å². The Morgan fingerprint density at radius 3 is 2.18 bits per heavy atom. The van der Waals surface area contributed by atoms with Crippen molar-refractivity contribution in [2.45, 2.75) is 6.92 Å². The Morgan fingerprint density at radius 1 is 1.27 bits per heavy atom. The zero-order valence-electron chi connectivity index (χ0n) is 6.00. The fourth-order valence-corrected chi connectivity index (χ4v) is 0.867. The predicted molar refractivity (Wildman–Crippen MR) is 55.1 cm³/mol. The van der Waals surface area contributed by atoms with Crippen LogP contribution in [0.25, 0.3) is 0 Å². The van der Waals surface area contributed by atoms with Gasteiger partial charge in [-0.2, -0.15) is 0 Å². The van der Waals surface area contributed by atoms with E-state index in [4.69, 9.17) is 17.3 Å². The topological polar surface area (TPSA) is 26.0 Å². The molecule has 0 unspecified atom stereocenters. The second-order valence-corrected chi connectivity index (χ2v) is 2.38. The number of nitrogens with two attached hydrogens (primary N) is 1. The molecule has 0 atom stereocenters. The summed E-state index contributed by atoms with van der Waals surface area (Å²) in [5.41, 5.74) is 7.26. The second-order valence-electron chi connectivity index (χ2n) is 1.97. The monoisotopic (exact) mass is 213 g/mol. The van der Waals surface area contributed by atoms with Gasteiger partial charge in [-0.25, -0.2) is 0 Å². The zero-order chi connectivity index (χ0) is 6.85. The highest BCUT2D eigenvalue weighted by Crippen LogP contribution is 2.20. The molecule has 0 bridgehead atoms. The third-order valence-electron chi connectivity index (χ3n) is 1.27. The van der Waals surface area contributed by atoms with Gasteiger partial charge in [0, 0.05) is 0 Å². The maximum atomic E-state index is 5.69. The molecule has 11 heavy (non-hydrogen) atoms. The van der Waals surface area contributed by atoms with E-state index in [1.165, 1.54) is 0 Å². The van der Waals surface area contributed by atoms with Crippen molar-refractivity contribution in [3.8, 4) is 0 Å². The molecule has 2 N–H and O–H groups in total. The number of halogens is 3. The van der Waals surface area contributed by atoms with Gasteiger partial charge in [0.1, 0.15) is 0 Å². The minimum atomic E-state index is 0. The quantitative estimate of drug-likeness (QED) is 0.660. The van der Waals surface area contributed by atoms with E-state index < -0.39 is 0 Å². The molecule has 4 heteroatoms. The van der Waals surface area contributed by atoms with Crippen molar-refractivity contribution >= 4 is 42.1 Å². The van der Waals surface area contributed by atoms with Crippen molar-refractivity contribution in [2.24, 2.45) is 0 Å². The van der Waals surface area contributed by atoms with E-state index in [0.717, 1.165) is 5.56 Å². The summed E-state index contributed by atoms with van der Waals surface area (Å²) in [5, 5.41) is 0.634. The molecule has 0 radical (unpaired) electrons. The molecule has 1 nitrogen and oxygen atoms in total.